The van der Waals surface area contributed by atoms with Crippen LogP contribution < -0.4 is 5.32 Å². The van der Waals surface area contributed by atoms with E-state index in [9.17, 15) is 0 Å². The lowest BCUT2D eigenvalue weighted by atomic mass is 10.2. The Balaban J connectivity index is 0.000000336. The van der Waals surface area contributed by atoms with Gasteiger partial charge in [0.15, 0.2) is 0 Å². The first-order valence-electron chi connectivity index (χ1n) is 4.36. The van der Waals surface area contributed by atoms with E-state index in [-0.39, 0.29) is 0 Å². The zero-order valence-corrected chi connectivity index (χ0v) is 7.63. The highest BCUT2D eigenvalue weighted by molar-refractivity contribution is 5.51. The first-order chi connectivity index (χ1) is 5.97. The summed E-state index contributed by atoms with van der Waals surface area (Å²) >= 11 is 0. The molecule has 0 bridgehead atoms. The fourth-order valence-corrected chi connectivity index (χ4v) is 1.11. The van der Waals surface area contributed by atoms with Crippen molar-refractivity contribution in [2.45, 2.75) is 20.5 Å². The molecule has 2 rings (SSSR count). The summed E-state index contributed by atoms with van der Waals surface area (Å²) in [5.74, 6) is 0. The molecule has 1 heterocycles. The molecule has 1 N–H and O–H groups in total. The molecule has 1 aliphatic heterocycles. The van der Waals surface area contributed by atoms with E-state index in [0.29, 0.717) is 6.73 Å². The average molecular weight is 165 g/mol. The van der Waals surface area contributed by atoms with Crippen molar-refractivity contribution in [1.82, 2.24) is 0 Å². The highest BCUT2D eigenvalue weighted by Gasteiger charge is 2.04. The van der Waals surface area contributed by atoms with Gasteiger partial charge in [0.05, 0.1) is 6.61 Å². The van der Waals surface area contributed by atoms with Crippen molar-refractivity contribution in [2.24, 2.45) is 0 Å². The van der Waals surface area contributed by atoms with Gasteiger partial charge in [0.1, 0.15) is 6.73 Å². The van der Waals surface area contributed by atoms with Crippen molar-refractivity contribution in [1.29, 1.82) is 0 Å². The Morgan fingerprint density at radius 3 is 2.75 bits per heavy atom. The van der Waals surface area contributed by atoms with E-state index in [1.54, 1.807) is 0 Å². The molecule has 0 unspecified atom stereocenters. The summed E-state index contributed by atoms with van der Waals surface area (Å²) in [6.45, 7) is 5.38. The van der Waals surface area contributed by atoms with Crippen LogP contribution >= 0.6 is 0 Å². The van der Waals surface area contributed by atoms with Gasteiger partial charge in [-0.05, 0) is 6.07 Å². The largest absolute Gasteiger partial charge is 0.362 e. The third-order valence-corrected chi connectivity index (χ3v) is 1.64. The van der Waals surface area contributed by atoms with Crippen LogP contribution in [0.25, 0.3) is 0 Å². The lowest BCUT2D eigenvalue weighted by Crippen LogP contribution is -2.13. The monoisotopic (exact) mass is 165 g/mol. The number of para-hydroxylation sites is 1. The number of nitrogens with one attached hydrogen (secondary N) is 1. The van der Waals surface area contributed by atoms with Gasteiger partial charge in [0, 0.05) is 11.3 Å². The number of anilines is 1. The molecule has 0 spiro atoms. The van der Waals surface area contributed by atoms with Gasteiger partial charge in [-0.15, -0.1) is 0 Å². The lowest BCUT2D eigenvalue weighted by molar-refractivity contribution is 0.130. The molecule has 2 nitrogen and oxygen atoms in total. The maximum Gasteiger partial charge on any atom is 0.116 e. The Labute approximate surface area is 73.6 Å². The fraction of sp³-hybridized carbons (Fsp3) is 0.400. The molecule has 1 aromatic rings. The number of ether oxygens (including phenoxy) is 1. The Kier molecular flexibility index (Phi) is 3.61. The Morgan fingerprint density at radius 1 is 1.25 bits per heavy atom. The first-order valence-corrected chi connectivity index (χ1v) is 4.36. The second kappa shape index (κ2) is 4.78. The third-order valence-electron chi connectivity index (χ3n) is 1.64. The molecule has 1 aliphatic rings. The number of rotatable bonds is 0. The molecular weight excluding hydrogens is 150 g/mol. The number of hydrogen-bond donors (Lipinski definition) is 1. The molecule has 2 heteroatoms. The molecule has 1 aromatic carbocycles. The highest BCUT2D eigenvalue weighted by Crippen LogP contribution is 2.18. The molecule has 0 aromatic heterocycles. The minimum atomic E-state index is 0.636. The number of hydrogen-bond acceptors (Lipinski definition) is 2. The van der Waals surface area contributed by atoms with E-state index in [2.05, 4.69) is 17.4 Å². The zero-order valence-electron chi connectivity index (χ0n) is 7.63. The van der Waals surface area contributed by atoms with Gasteiger partial charge >= 0.3 is 0 Å². The molecule has 0 saturated carbocycles. The molecule has 66 valence electrons. The summed E-state index contributed by atoms with van der Waals surface area (Å²) in [5.41, 5.74) is 2.45. The smallest absolute Gasteiger partial charge is 0.116 e. The van der Waals surface area contributed by atoms with Gasteiger partial charge in [-0.2, -0.15) is 0 Å². The molecule has 0 saturated heterocycles. The molecule has 0 aliphatic carbocycles. The summed E-state index contributed by atoms with van der Waals surface area (Å²) < 4.78 is 5.18. The van der Waals surface area contributed by atoms with Crippen molar-refractivity contribution in [2.75, 3.05) is 12.0 Å². The van der Waals surface area contributed by atoms with Gasteiger partial charge in [-0.3, -0.25) is 0 Å². The minimum absolute atomic E-state index is 0.636. The average Bonchev–Trinajstić information content (AvgIpc) is 2.21. The predicted molar refractivity (Wildman–Crippen MR) is 51.1 cm³/mol. The van der Waals surface area contributed by atoms with Crippen LogP contribution in [0.3, 0.4) is 0 Å². The van der Waals surface area contributed by atoms with Crippen molar-refractivity contribution < 1.29 is 4.74 Å². The van der Waals surface area contributed by atoms with E-state index < -0.39 is 0 Å². The molecule has 0 fully saturated rings. The van der Waals surface area contributed by atoms with Gasteiger partial charge in [0.25, 0.3) is 0 Å². The van der Waals surface area contributed by atoms with Crippen LogP contribution in [0.1, 0.15) is 19.4 Å². The van der Waals surface area contributed by atoms with Crippen LogP contribution in [-0.4, -0.2) is 6.73 Å². The SMILES string of the molecule is CC.c1ccc2c(c1)COCN2. The van der Waals surface area contributed by atoms with Crippen LogP contribution in [0, 0.1) is 0 Å². The third kappa shape index (κ3) is 1.98. The molecule has 12 heavy (non-hydrogen) atoms. The lowest BCUT2D eigenvalue weighted by Gasteiger charge is -2.17. The summed E-state index contributed by atoms with van der Waals surface area (Å²) in [7, 11) is 0. The quantitative estimate of drug-likeness (QED) is 0.638. The van der Waals surface area contributed by atoms with Crippen LogP contribution in [0.5, 0.6) is 0 Å². The summed E-state index contributed by atoms with van der Waals surface area (Å²) in [5, 5.41) is 3.14. The Bertz CT molecular complexity index is 210. The normalized spacial score (nSPS) is 13.5. The molecule has 0 radical (unpaired) electrons. The molecule has 0 amide bonds. The Hall–Kier alpha value is -1.02. The van der Waals surface area contributed by atoms with Crippen molar-refractivity contribution in [3.8, 4) is 0 Å². The summed E-state index contributed by atoms with van der Waals surface area (Å²) in [6.07, 6.45) is 0. The van der Waals surface area contributed by atoms with E-state index in [0.717, 1.165) is 6.61 Å². The van der Waals surface area contributed by atoms with Crippen LogP contribution in [0.2, 0.25) is 0 Å². The summed E-state index contributed by atoms with van der Waals surface area (Å²) in [4.78, 5) is 0. The van der Waals surface area contributed by atoms with Crippen molar-refractivity contribution in [3.05, 3.63) is 29.8 Å². The van der Waals surface area contributed by atoms with Gasteiger partial charge in [-0.1, -0.05) is 32.0 Å². The topological polar surface area (TPSA) is 21.3 Å². The standard InChI is InChI=1S/C8H9NO.C2H6/c1-2-4-8-7(3-1)5-10-6-9-8;1-2/h1-4,9H,5-6H2;1-2H3. The first kappa shape index (κ1) is 9.07. The molecule has 0 atom stereocenters. The number of fused-ring (bicyclic) bond motifs is 1. The van der Waals surface area contributed by atoms with Gasteiger partial charge in [0.2, 0.25) is 0 Å². The van der Waals surface area contributed by atoms with Gasteiger partial charge < -0.3 is 10.1 Å². The summed E-state index contributed by atoms with van der Waals surface area (Å²) in [6, 6.07) is 8.19. The predicted octanol–water partition coefficient (Wildman–Crippen LogP) is 2.61. The van der Waals surface area contributed by atoms with Crippen molar-refractivity contribution in [3.63, 3.8) is 0 Å². The minimum Gasteiger partial charge on any atom is -0.362 e. The second-order valence-corrected chi connectivity index (χ2v) is 2.33. The van der Waals surface area contributed by atoms with Crippen LogP contribution in [-0.2, 0) is 11.3 Å². The van der Waals surface area contributed by atoms with E-state index >= 15 is 0 Å². The van der Waals surface area contributed by atoms with E-state index in [4.69, 9.17) is 4.74 Å². The highest BCUT2D eigenvalue weighted by atomic mass is 16.5. The molecular formula is C10H15NO. The van der Waals surface area contributed by atoms with Gasteiger partial charge in [-0.25, -0.2) is 0 Å². The van der Waals surface area contributed by atoms with E-state index in [1.165, 1.54) is 11.3 Å². The fourth-order valence-electron chi connectivity index (χ4n) is 1.11. The van der Waals surface area contributed by atoms with Crippen LogP contribution in [0.4, 0.5) is 5.69 Å². The maximum absolute atomic E-state index is 5.18. The number of benzene rings is 1. The maximum atomic E-state index is 5.18. The van der Waals surface area contributed by atoms with Crippen molar-refractivity contribution >= 4 is 5.69 Å². The Morgan fingerprint density at radius 2 is 2.00 bits per heavy atom. The second-order valence-electron chi connectivity index (χ2n) is 2.33. The van der Waals surface area contributed by atoms with E-state index in [1.807, 2.05) is 26.0 Å². The van der Waals surface area contributed by atoms with Crippen LogP contribution in [0.15, 0.2) is 24.3 Å². The zero-order chi connectivity index (χ0) is 8.81.